The number of methoxy groups -OCH3 is 1. The number of ether oxygens (including phenoxy) is 2. The van der Waals surface area contributed by atoms with Crippen molar-refractivity contribution in [1.82, 2.24) is 0 Å². The van der Waals surface area contributed by atoms with Crippen LogP contribution in [0.2, 0.25) is 0 Å². The molecule has 24 heavy (non-hydrogen) atoms. The molecular formula is C11H9F7O5S. The average molecular weight is 386 g/mol. The highest BCUT2D eigenvalue weighted by molar-refractivity contribution is 7.85. The second-order valence-corrected chi connectivity index (χ2v) is 5.79. The summed E-state index contributed by atoms with van der Waals surface area (Å²) in [6.45, 7) is -2.47. The lowest BCUT2D eigenvalue weighted by molar-refractivity contribution is -0.347. The minimum atomic E-state index is -6.30. The van der Waals surface area contributed by atoms with Crippen LogP contribution in [0.15, 0.2) is 23.1 Å². The zero-order chi connectivity index (χ0) is 19.0. The Bertz CT molecular complexity index is 682. The maximum atomic E-state index is 13.4. The molecule has 1 rings (SSSR count). The molecule has 0 saturated heterocycles. The van der Waals surface area contributed by atoms with E-state index in [4.69, 9.17) is 4.55 Å². The molecule has 0 aliphatic heterocycles. The van der Waals surface area contributed by atoms with Crippen molar-refractivity contribution in [2.24, 2.45) is 0 Å². The van der Waals surface area contributed by atoms with Crippen molar-refractivity contribution < 1.29 is 53.2 Å². The van der Waals surface area contributed by atoms with E-state index in [-0.39, 0.29) is 0 Å². The van der Waals surface area contributed by atoms with Gasteiger partial charge in [0.25, 0.3) is 10.1 Å². The molecule has 0 unspecified atom stereocenters. The van der Waals surface area contributed by atoms with Crippen molar-refractivity contribution >= 4 is 10.1 Å². The van der Waals surface area contributed by atoms with E-state index in [1.54, 1.807) is 0 Å². The lowest BCUT2D eigenvalue weighted by Crippen LogP contribution is -2.57. The van der Waals surface area contributed by atoms with Crippen molar-refractivity contribution in [2.75, 3.05) is 13.7 Å². The predicted molar refractivity (Wildman–Crippen MR) is 64.3 cm³/mol. The number of alkyl halides is 7. The summed E-state index contributed by atoms with van der Waals surface area (Å²) in [5.41, 5.74) is -5.65. The minimum Gasteiger partial charge on any atom is -0.493 e. The van der Waals surface area contributed by atoms with Gasteiger partial charge in [-0.25, -0.2) is 4.39 Å². The first-order valence-corrected chi connectivity index (χ1v) is 7.18. The first kappa shape index (κ1) is 20.3. The molecule has 1 N–H and O–H groups in total. The Morgan fingerprint density at radius 3 is 1.88 bits per heavy atom. The highest BCUT2D eigenvalue weighted by Crippen LogP contribution is 2.46. The molecule has 5 nitrogen and oxygen atoms in total. The van der Waals surface area contributed by atoms with Gasteiger partial charge in [0.15, 0.2) is 11.5 Å². The summed E-state index contributed by atoms with van der Waals surface area (Å²) >= 11 is 0. The van der Waals surface area contributed by atoms with Gasteiger partial charge in [-0.2, -0.15) is 34.8 Å². The van der Waals surface area contributed by atoms with Crippen molar-refractivity contribution in [1.29, 1.82) is 0 Å². The van der Waals surface area contributed by atoms with Crippen molar-refractivity contribution in [3.05, 3.63) is 18.2 Å². The van der Waals surface area contributed by atoms with Gasteiger partial charge in [-0.3, -0.25) is 4.55 Å². The summed E-state index contributed by atoms with van der Waals surface area (Å²) in [5, 5.41) is 0. The maximum absolute atomic E-state index is 13.4. The van der Waals surface area contributed by atoms with Crippen LogP contribution in [0.25, 0.3) is 0 Å². The van der Waals surface area contributed by atoms with Gasteiger partial charge in [0.1, 0.15) is 6.61 Å². The monoisotopic (exact) mass is 386 g/mol. The number of hydrogen-bond donors (Lipinski definition) is 1. The van der Waals surface area contributed by atoms with Crippen LogP contribution in [0.1, 0.15) is 0 Å². The molecule has 0 radical (unpaired) electrons. The molecule has 0 heterocycles. The minimum absolute atomic E-state index is 0.575. The number of benzene rings is 1. The molecule has 0 atom stereocenters. The van der Waals surface area contributed by atoms with Crippen LogP contribution in [0.5, 0.6) is 11.5 Å². The molecule has 0 aliphatic carbocycles. The quantitative estimate of drug-likeness (QED) is 0.622. The van der Waals surface area contributed by atoms with Gasteiger partial charge in [0.2, 0.25) is 0 Å². The van der Waals surface area contributed by atoms with E-state index in [0.717, 1.165) is 7.11 Å². The molecule has 0 aliphatic rings. The Kier molecular flexibility index (Phi) is 5.30. The van der Waals surface area contributed by atoms with E-state index >= 15 is 0 Å². The number of hydrogen-bond acceptors (Lipinski definition) is 4. The van der Waals surface area contributed by atoms with Crippen LogP contribution < -0.4 is 9.47 Å². The summed E-state index contributed by atoms with van der Waals surface area (Å²) < 4.78 is 127. The Morgan fingerprint density at radius 1 is 1.00 bits per heavy atom. The smallest absolute Gasteiger partial charge is 0.435 e. The molecule has 138 valence electrons. The van der Waals surface area contributed by atoms with Crippen LogP contribution in [-0.4, -0.2) is 44.7 Å². The molecule has 0 amide bonds. The molecular weight excluding hydrogens is 377 g/mol. The second-order valence-electron chi connectivity index (χ2n) is 4.37. The third-order valence-corrected chi connectivity index (χ3v) is 3.61. The molecule has 0 bridgehead atoms. The maximum Gasteiger partial charge on any atom is 0.435 e. The lowest BCUT2D eigenvalue weighted by Gasteiger charge is -2.29. The van der Waals surface area contributed by atoms with Crippen LogP contribution in [-0.2, 0) is 10.1 Å². The van der Waals surface area contributed by atoms with E-state index in [1.165, 1.54) is 0 Å². The van der Waals surface area contributed by atoms with Gasteiger partial charge < -0.3 is 9.47 Å². The second kappa shape index (κ2) is 6.27. The van der Waals surface area contributed by atoms with E-state index in [9.17, 15) is 39.2 Å². The van der Waals surface area contributed by atoms with Gasteiger partial charge in [0.05, 0.1) is 12.0 Å². The first-order chi connectivity index (χ1) is 10.6. The summed E-state index contributed by atoms with van der Waals surface area (Å²) in [7, 11) is -3.82. The van der Waals surface area contributed by atoms with E-state index in [0.29, 0.717) is 18.2 Å². The van der Waals surface area contributed by atoms with Crippen LogP contribution in [0.3, 0.4) is 0 Å². The van der Waals surface area contributed by atoms with Crippen LogP contribution >= 0.6 is 0 Å². The zero-order valence-electron chi connectivity index (χ0n) is 11.6. The summed E-state index contributed by atoms with van der Waals surface area (Å²) in [6, 6.07) is 1.80. The molecule has 0 spiro atoms. The summed E-state index contributed by atoms with van der Waals surface area (Å²) in [5.74, 6) is -1.42. The Labute approximate surface area is 130 Å². The van der Waals surface area contributed by atoms with Gasteiger partial charge in [-0.1, -0.05) is 0 Å². The van der Waals surface area contributed by atoms with Crippen molar-refractivity contribution in [2.45, 2.75) is 22.9 Å². The highest BCUT2D eigenvalue weighted by Gasteiger charge is 2.73. The van der Waals surface area contributed by atoms with Crippen LogP contribution in [0, 0.1) is 0 Å². The van der Waals surface area contributed by atoms with Crippen molar-refractivity contribution in [3.8, 4) is 11.5 Å². The molecule has 1 aromatic rings. The third-order valence-electron chi connectivity index (χ3n) is 2.76. The fourth-order valence-corrected chi connectivity index (χ4v) is 1.93. The Morgan fingerprint density at radius 2 is 1.50 bits per heavy atom. The molecule has 0 aromatic heterocycles. The topological polar surface area (TPSA) is 72.8 Å². The largest absolute Gasteiger partial charge is 0.493 e. The van der Waals surface area contributed by atoms with Gasteiger partial charge in [-0.05, 0) is 12.1 Å². The van der Waals surface area contributed by atoms with Crippen molar-refractivity contribution in [3.63, 3.8) is 0 Å². The summed E-state index contributed by atoms with van der Waals surface area (Å²) in [6.07, 6.45) is -12.6. The fraction of sp³-hybridized carbons (Fsp3) is 0.455. The Hall–Kier alpha value is -1.76. The van der Waals surface area contributed by atoms with E-state index in [2.05, 4.69) is 9.47 Å². The van der Waals surface area contributed by atoms with Gasteiger partial charge >= 0.3 is 18.0 Å². The summed E-state index contributed by atoms with van der Waals surface area (Å²) in [4.78, 5) is -0.759. The van der Waals surface area contributed by atoms with Gasteiger partial charge in [-0.15, -0.1) is 0 Å². The highest BCUT2D eigenvalue weighted by atomic mass is 32.2. The van der Waals surface area contributed by atoms with Crippen LogP contribution in [0.4, 0.5) is 30.7 Å². The molecule has 0 fully saturated rings. The van der Waals surface area contributed by atoms with Gasteiger partial charge in [0, 0.05) is 6.07 Å². The lowest BCUT2D eigenvalue weighted by atomic mass is 10.1. The zero-order valence-corrected chi connectivity index (χ0v) is 12.4. The molecule has 1 aromatic carbocycles. The van der Waals surface area contributed by atoms with E-state index in [1.807, 2.05) is 0 Å². The molecule has 0 saturated carbocycles. The number of halogens is 7. The Balaban J connectivity index is 3.18. The molecule has 13 heteroatoms. The third kappa shape index (κ3) is 4.01. The number of rotatable bonds is 5. The first-order valence-electron chi connectivity index (χ1n) is 5.74. The SMILES string of the molecule is COc1cc(S(=O)(=O)O)ccc1OCC(F)(C(F)(F)F)C(F)(F)F. The normalized spacial score (nSPS) is 13.7. The predicted octanol–water partition coefficient (Wildman–Crippen LogP) is 3.15. The standard InChI is InChI=1S/C11H9F7O5S/c1-22-8-4-6(24(19,20)21)2-3-7(8)23-5-9(12,10(13,14)15)11(16,17)18/h2-4H,5H2,1H3,(H,19,20,21). The fourth-order valence-electron chi connectivity index (χ4n) is 1.43. The van der Waals surface area contributed by atoms with E-state index < -0.39 is 51.1 Å². The average Bonchev–Trinajstić information content (AvgIpc) is 2.40.